The van der Waals surface area contributed by atoms with Crippen LogP contribution in [0, 0.1) is 6.92 Å². The summed E-state index contributed by atoms with van der Waals surface area (Å²) in [4.78, 5) is 20.7. The van der Waals surface area contributed by atoms with Gasteiger partial charge in [0.1, 0.15) is 11.6 Å². The Labute approximate surface area is 193 Å². The molecule has 3 aromatic rings. The quantitative estimate of drug-likeness (QED) is 0.441. The lowest BCUT2D eigenvalue weighted by atomic mass is 9.85. The zero-order valence-corrected chi connectivity index (χ0v) is 19.3. The number of imidazole rings is 1. The van der Waals surface area contributed by atoms with Gasteiger partial charge >= 0.3 is 6.09 Å². The number of carbonyl (C=O) groups is 1. The maximum Gasteiger partial charge on any atom is 0.409 e. The molecule has 9 nitrogen and oxygen atoms in total. The van der Waals surface area contributed by atoms with Gasteiger partial charge < -0.3 is 19.9 Å². The zero-order chi connectivity index (χ0) is 23.4. The van der Waals surface area contributed by atoms with Crippen molar-refractivity contribution in [3.8, 4) is 17.0 Å². The van der Waals surface area contributed by atoms with Crippen molar-refractivity contribution >= 4 is 17.3 Å². The molecular formula is C24H31N5O4. The van der Waals surface area contributed by atoms with Gasteiger partial charge in [0, 0.05) is 43.6 Å². The fourth-order valence-electron chi connectivity index (χ4n) is 4.69. The van der Waals surface area contributed by atoms with Gasteiger partial charge in [-0.05, 0) is 44.7 Å². The molecule has 9 heteroatoms. The van der Waals surface area contributed by atoms with Crippen LogP contribution >= 0.6 is 0 Å². The highest BCUT2D eigenvalue weighted by molar-refractivity contribution is 5.88. The van der Waals surface area contributed by atoms with E-state index in [0.717, 1.165) is 67.1 Å². The molecule has 2 aromatic heterocycles. The second kappa shape index (κ2) is 10.2. The topological polar surface area (TPSA) is 110 Å². The van der Waals surface area contributed by atoms with Crippen LogP contribution in [-0.4, -0.2) is 59.0 Å². The standard InChI is InChI=1S/C24H31N5O4/c1-15-22-21(17-6-9-19(27-24(30)31)20(14-17)33-3)28-23(29(22)12-10-25-15)16-4-7-18(8-5-16)26-11-13-32-2/h6,9-10,12,14,16,18,26-27H,4-5,7-8,11,13H2,1-3H3,(H,30,31). The van der Waals surface area contributed by atoms with E-state index in [2.05, 4.69) is 20.0 Å². The van der Waals surface area contributed by atoms with E-state index in [1.54, 1.807) is 13.2 Å². The Morgan fingerprint density at radius 3 is 2.73 bits per heavy atom. The largest absolute Gasteiger partial charge is 0.495 e. The van der Waals surface area contributed by atoms with E-state index in [4.69, 9.17) is 19.6 Å². The molecule has 0 unspecified atom stereocenters. The predicted molar refractivity (Wildman–Crippen MR) is 126 cm³/mol. The monoisotopic (exact) mass is 453 g/mol. The van der Waals surface area contributed by atoms with Gasteiger partial charge in [-0.15, -0.1) is 0 Å². The van der Waals surface area contributed by atoms with E-state index in [0.29, 0.717) is 23.4 Å². The number of aromatic nitrogens is 3. The molecule has 176 valence electrons. The van der Waals surface area contributed by atoms with Crippen molar-refractivity contribution in [2.75, 3.05) is 32.7 Å². The number of hydrogen-bond acceptors (Lipinski definition) is 6. The third-order valence-electron chi connectivity index (χ3n) is 6.31. The molecule has 1 amide bonds. The summed E-state index contributed by atoms with van der Waals surface area (Å²) in [6.45, 7) is 3.59. The van der Waals surface area contributed by atoms with Crippen molar-refractivity contribution in [2.24, 2.45) is 0 Å². The Balaban J connectivity index is 1.66. The maximum atomic E-state index is 11.1. The lowest BCUT2D eigenvalue weighted by molar-refractivity contribution is 0.191. The normalized spacial score (nSPS) is 18.4. The molecule has 1 fully saturated rings. The molecule has 3 N–H and O–H groups in total. The van der Waals surface area contributed by atoms with Gasteiger partial charge in [-0.25, -0.2) is 9.78 Å². The first-order chi connectivity index (χ1) is 16.0. The molecule has 1 saturated carbocycles. The molecule has 0 bridgehead atoms. The summed E-state index contributed by atoms with van der Waals surface area (Å²) in [6, 6.07) is 5.91. The van der Waals surface area contributed by atoms with E-state index in [1.807, 2.05) is 31.5 Å². The average Bonchev–Trinajstić information content (AvgIpc) is 3.21. The Hall–Kier alpha value is -3.17. The predicted octanol–water partition coefficient (Wildman–Crippen LogP) is 4.07. The second-order valence-electron chi connectivity index (χ2n) is 8.39. The van der Waals surface area contributed by atoms with Crippen LogP contribution < -0.4 is 15.4 Å². The molecule has 1 aliphatic rings. The van der Waals surface area contributed by atoms with Gasteiger partial charge in [0.2, 0.25) is 0 Å². The third-order valence-corrected chi connectivity index (χ3v) is 6.31. The van der Waals surface area contributed by atoms with Crippen molar-refractivity contribution in [2.45, 2.75) is 44.6 Å². The highest BCUT2D eigenvalue weighted by Crippen LogP contribution is 2.38. The Morgan fingerprint density at radius 2 is 2.03 bits per heavy atom. The molecule has 0 saturated heterocycles. The molecule has 1 aliphatic carbocycles. The smallest absolute Gasteiger partial charge is 0.409 e. The number of fused-ring (bicyclic) bond motifs is 1. The van der Waals surface area contributed by atoms with Gasteiger partial charge in [0.25, 0.3) is 0 Å². The van der Waals surface area contributed by atoms with Crippen LogP contribution in [0.5, 0.6) is 5.75 Å². The highest BCUT2D eigenvalue weighted by Gasteiger charge is 2.27. The van der Waals surface area contributed by atoms with Gasteiger partial charge in [-0.3, -0.25) is 14.7 Å². The van der Waals surface area contributed by atoms with Crippen LogP contribution in [-0.2, 0) is 4.74 Å². The molecule has 0 atom stereocenters. The number of hydrogen-bond donors (Lipinski definition) is 3. The van der Waals surface area contributed by atoms with Crippen LogP contribution in [0.1, 0.15) is 43.1 Å². The minimum absolute atomic E-state index is 0.364. The maximum absolute atomic E-state index is 11.1. The summed E-state index contributed by atoms with van der Waals surface area (Å²) in [5.74, 6) is 1.86. The first kappa shape index (κ1) is 23.0. The molecule has 1 aromatic carbocycles. The Morgan fingerprint density at radius 1 is 1.24 bits per heavy atom. The molecule has 0 radical (unpaired) electrons. The third kappa shape index (κ3) is 4.94. The van der Waals surface area contributed by atoms with Crippen molar-refractivity contribution in [1.29, 1.82) is 0 Å². The number of benzene rings is 1. The second-order valence-corrected chi connectivity index (χ2v) is 8.39. The molecule has 0 aliphatic heterocycles. The van der Waals surface area contributed by atoms with Crippen LogP contribution in [0.25, 0.3) is 16.8 Å². The number of nitrogens with zero attached hydrogens (tertiary/aromatic N) is 3. The summed E-state index contributed by atoms with van der Waals surface area (Å²) in [6.07, 6.45) is 7.00. The molecular weight excluding hydrogens is 422 g/mol. The van der Waals surface area contributed by atoms with E-state index >= 15 is 0 Å². The summed E-state index contributed by atoms with van der Waals surface area (Å²) in [5, 5.41) is 15.0. The number of aryl methyl sites for hydroxylation is 1. The number of carboxylic acid groups (broad SMARTS) is 1. The summed E-state index contributed by atoms with van der Waals surface area (Å²) >= 11 is 0. The number of amides is 1. The molecule has 2 heterocycles. The number of rotatable bonds is 8. The fraction of sp³-hybridized carbons (Fsp3) is 0.458. The SMILES string of the molecule is COCCNC1CCC(c2nc(-c3ccc(NC(=O)O)c(OC)c3)c3c(C)nccn23)CC1. The van der Waals surface area contributed by atoms with Crippen molar-refractivity contribution in [3.63, 3.8) is 0 Å². The number of methoxy groups -OCH3 is 2. The molecule has 33 heavy (non-hydrogen) atoms. The summed E-state index contributed by atoms with van der Waals surface area (Å²) in [5.41, 5.74) is 3.95. The highest BCUT2D eigenvalue weighted by atomic mass is 16.5. The van der Waals surface area contributed by atoms with Crippen LogP contribution in [0.3, 0.4) is 0 Å². The minimum atomic E-state index is -1.14. The fourth-order valence-corrected chi connectivity index (χ4v) is 4.69. The van der Waals surface area contributed by atoms with Crippen molar-refractivity contribution < 1.29 is 19.4 Å². The van der Waals surface area contributed by atoms with E-state index in [9.17, 15) is 4.79 Å². The van der Waals surface area contributed by atoms with Gasteiger partial charge in [0.05, 0.1) is 36.3 Å². The van der Waals surface area contributed by atoms with Crippen LogP contribution in [0.15, 0.2) is 30.6 Å². The van der Waals surface area contributed by atoms with Gasteiger partial charge in [0.15, 0.2) is 0 Å². The lowest BCUT2D eigenvalue weighted by Gasteiger charge is -2.28. The summed E-state index contributed by atoms with van der Waals surface area (Å²) < 4.78 is 12.7. The van der Waals surface area contributed by atoms with Gasteiger partial charge in [-0.1, -0.05) is 6.07 Å². The van der Waals surface area contributed by atoms with Crippen LogP contribution in [0.4, 0.5) is 10.5 Å². The average molecular weight is 454 g/mol. The van der Waals surface area contributed by atoms with E-state index in [-0.39, 0.29) is 0 Å². The minimum Gasteiger partial charge on any atom is -0.495 e. The molecule has 4 rings (SSSR count). The van der Waals surface area contributed by atoms with E-state index in [1.165, 1.54) is 7.11 Å². The van der Waals surface area contributed by atoms with Crippen molar-refractivity contribution in [1.82, 2.24) is 19.7 Å². The van der Waals surface area contributed by atoms with E-state index < -0.39 is 6.09 Å². The number of anilines is 1. The summed E-state index contributed by atoms with van der Waals surface area (Å²) in [7, 11) is 3.25. The van der Waals surface area contributed by atoms with Crippen molar-refractivity contribution in [3.05, 3.63) is 42.1 Å². The molecule has 0 spiro atoms. The first-order valence-electron chi connectivity index (χ1n) is 11.3. The number of nitrogens with one attached hydrogen (secondary N) is 2. The number of ether oxygens (including phenoxy) is 2. The first-order valence-corrected chi connectivity index (χ1v) is 11.3. The van der Waals surface area contributed by atoms with Gasteiger partial charge in [-0.2, -0.15) is 0 Å². The lowest BCUT2D eigenvalue weighted by Crippen LogP contribution is -2.35. The Bertz CT molecular complexity index is 1120. The zero-order valence-electron chi connectivity index (χ0n) is 19.3. The Kier molecular flexibility index (Phi) is 7.10. The van der Waals surface area contributed by atoms with Crippen LogP contribution in [0.2, 0.25) is 0 Å².